The average molecular weight is 288 g/mol. The normalized spacial score (nSPS) is 18.9. The standard InChI is InChI=1S/C11H16N2O3S2/c12-9-10-3-1-2-4-11(10)18(15,16)13-5-7-17(14)8-6-13/h1-4H,5-9,12H2. The largest absolute Gasteiger partial charge is 0.326 e. The van der Waals surface area contributed by atoms with Crippen molar-refractivity contribution in [1.82, 2.24) is 4.31 Å². The number of sulfonamides is 1. The highest BCUT2D eigenvalue weighted by Gasteiger charge is 2.29. The summed E-state index contributed by atoms with van der Waals surface area (Å²) in [5.41, 5.74) is 6.18. The summed E-state index contributed by atoms with van der Waals surface area (Å²) in [5.74, 6) is 0.814. The summed E-state index contributed by atoms with van der Waals surface area (Å²) in [5, 5.41) is 0. The Kier molecular flexibility index (Phi) is 4.16. The molecule has 2 N–H and O–H groups in total. The number of benzene rings is 1. The molecule has 1 fully saturated rings. The minimum atomic E-state index is -3.51. The average Bonchev–Trinajstić information content (AvgIpc) is 2.39. The first-order valence-electron chi connectivity index (χ1n) is 5.69. The molecule has 0 spiro atoms. The van der Waals surface area contributed by atoms with E-state index in [0.29, 0.717) is 30.2 Å². The maximum Gasteiger partial charge on any atom is 0.243 e. The minimum Gasteiger partial charge on any atom is -0.326 e. The van der Waals surface area contributed by atoms with Crippen molar-refractivity contribution in [3.05, 3.63) is 29.8 Å². The molecule has 0 unspecified atom stereocenters. The van der Waals surface area contributed by atoms with Gasteiger partial charge in [-0.15, -0.1) is 0 Å². The smallest absolute Gasteiger partial charge is 0.243 e. The third-order valence-corrected chi connectivity index (χ3v) is 6.22. The molecule has 2 rings (SSSR count). The van der Waals surface area contributed by atoms with Gasteiger partial charge in [0.25, 0.3) is 0 Å². The van der Waals surface area contributed by atoms with Crippen molar-refractivity contribution in [2.75, 3.05) is 24.6 Å². The van der Waals surface area contributed by atoms with E-state index in [-0.39, 0.29) is 11.4 Å². The summed E-state index contributed by atoms with van der Waals surface area (Å²) in [4.78, 5) is 0.264. The highest BCUT2D eigenvalue weighted by molar-refractivity contribution is 7.89. The van der Waals surface area contributed by atoms with Crippen LogP contribution in [0.25, 0.3) is 0 Å². The van der Waals surface area contributed by atoms with Crippen LogP contribution in [0.3, 0.4) is 0 Å². The van der Waals surface area contributed by atoms with Crippen molar-refractivity contribution >= 4 is 20.8 Å². The molecule has 1 aliphatic heterocycles. The molecule has 18 heavy (non-hydrogen) atoms. The van der Waals surface area contributed by atoms with Gasteiger partial charge in [-0.05, 0) is 11.6 Å². The lowest BCUT2D eigenvalue weighted by Gasteiger charge is -2.26. The van der Waals surface area contributed by atoms with E-state index in [1.54, 1.807) is 24.3 Å². The molecule has 0 aliphatic carbocycles. The maximum atomic E-state index is 12.4. The third-order valence-electron chi connectivity index (χ3n) is 2.95. The van der Waals surface area contributed by atoms with Gasteiger partial charge in [-0.25, -0.2) is 8.42 Å². The van der Waals surface area contributed by atoms with Crippen molar-refractivity contribution in [1.29, 1.82) is 0 Å². The Hall–Kier alpha value is -0.760. The van der Waals surface area contributed by atoms with Crippen molar-refractivity contribution in [3.8, 4) is 0 Å². The van der Waals surface area contributed by atoms with Crippen LogP contribution in [0.2, 0.25) is 0 Å². The highest BCUT2D eigenvalue weighted by atomic mass is 32.2. The molecular formula is C11H16N2O3S2. The second-order valence-electron chi connectivity index (χ2n) is 4.06. The Morgan fingerprint density at radius 2 is 1.83 bits per heavy atom. The zero-order valence-electron chi connectivity index (χ0n) is 9.91. The predicted octanol–water partition coefficient (Wildman–Crippen LogP) is -0.102. The van der Waals surface area contributed by atoms with E-state index in [1.165, 1.54) is 4.31 Å². The Bertz CT molecular complexity index is 547. The van der Waals surface area contributed by atoms with Gasteiger partial charge in [0, 0.05) is 41.9 Å². The SMILES string of the molecule is NCc1ccccc1S(=O)(=O)N1CCS(=O)CC1. The fraction of sp³-hybridized carbons (Fsp3) is 0.455. The molecule has 0 radical (unpaired) electrons. The second-order valence-corrected chi connectivity index (χ2v) is 7.67. The molecule has 1 aromatic rings. The van der Waals surface area contributed by atoms with Gasteiger partial charge in [-0.3, -0.25) is 4.21 Å². The molecule has 0 aromatic heterocycles. The van der Waals surface area contributed by atoms with Gasteiger partial charge in [-0.1, -0.05) is 18.2 Å². The van der Waals surface area contributed by atoms with Gasteiger partial charge >= 0.3 is 0 Å². The molecule has 0 amide bonds. The van der Waals surface area contributed by atoms with E-state index in [0.717, 1.165) is 0 Å². The van der Waals surface area contributed by atoms with Gasteiger partial charge in [0.2, 0.25) is 10.0 Å². The van der Waals surface area contributed by atoms with E-state index in [9.17, 15) is 12.6 Å². The second kappa shape index (κ2) is 5.48. The molecule has 1 saturated heterocycles. The van der Waals surface area contributed by atoms with Crippen LogP contribution in [0.5, 0.6) is 0 Å². The van der Waals surface area contributed by atoms with Crippen molar-refractivity contribution in [3.63, 3.8) is 0 Å². The number of rotatable bonds is 3. The van der Waals surface area contributed by atoms with E-state index in [2.05, 4.69) is 0 Å². The number of nitrogens with two attached hydrogens (primary N) is 1. The van der Waals surface area contributed by atoms with Crippen molar-refractivity contribution in [2.45, 2.75) is 11.4 Å². The van der Waals surface area contributed by atoms with E-state index < -0.39 is 20.8 Å². The quantitative estimate of drug-likeness (QED) is 0.842. The monoisotopic (exact) mass is 288 g/mol. The lowest BCUT2D eigenvalue weighted by atomic mass is 10.2. The molecule has 1 heterocycles. The summed E-state index contributed by atoms with van der Waals surface area (Å²) in [6.07, 6.45) is 0. The molecule has 0 bridgehead atoms. The molecule has 0 atom stereocenters. The van der Waals surface area contributed by atoms with Crippen molar-refractivity contribution < 1.29 is 12.6 Å². The molecular weight excluding hydrogens is 272 g/mol. The first kappa shape index (κ1) is 13.7. The van der Waals surface area contributed by atoms with Crippen LogP contribution in [0, 0.1) is 0 Å². The lowest BCUT2D eigenvalue weighted by molar-refractivity contribution is 0.438. The molecule has 0 saturated carbocycles. The minimum absolute atomic E-state index is 0.190. The molecule has 100 valence electrons. The Morgan fingerprint density at radius 1 is 1.22 bits per heavy atom. The Morgan fingerprint density at radius 3 is 2.44 bits per heavy atom. The first-order chi connectivity index (χ1) is 8.55. The maximum absolute atomic E-state index is 12.4. The Labute approximate surface area is 109 Å². The van der Waals surface area contributed by atoms with E-state index in [4.69, 9.17) is 5.73 Å². The molecule has 5 nitrogen and oxygen atoms in total. The highest BCUT2D eigenvalue weighted by Crippen LogP contribution is 2.21. The predicted molar refractivity (Wildman–Crippen MR) is 71.0 cm³/mol. The molecule has 7 heteroatoms. The van der Waals surface area contributed by atoms with Crippen molar-refractivity contribution in [2.24, 2.45) is 5.73 Å². The summed E-state index contributed by atoms with van der Waals surface area (Å²) in [6.45, 7) is 0.816. The number of nitrogens with zero attached hydrogens (tertiary/aromatic N) is 1. The number of hydrogen-bond acceptors (Lipinski definition) is 4. The lowest BCUT2D eigenvalue weighted by Crippen LogP contribution is -2.42. The summed E-state index contributed by atoms with van der Waals surface area (Å²) >= 11 is 0. The van der Waals surface area contributed by atoms with Gasteiger partial charge in [0.05, 0.1) is 4.90 Å². The summed E-state index contributed by atoms with van der Waals surface area (Å²) in [7, 11) is -4.40. The third kappa shape index (κ3) is 2.64. The first-order valence-corrected chi connectivity index (χ1v) is 8.61. The topological polar surface area (TPSA) is 80.5 Å². The fourth-order valence-electron chi connectivity index (χ4n) is 1.92. The van der Waals surface area contributed by atoms with Crippen LogP contribution in [-0.4, -0.2) is 41.5 Å². The van der Waals surface area contributed by atoms with Crippen LogP contribution in [0.4, 0.5) is 0 Å². The Balaban J connectivity index is 2.33. The molecule has 1 aromatic carbocycles. The number of hydrogen-bond donors (Lipinski definition) is 1. The van der Waals surface area contributed by atoms with Crippen LogP contribution >= 0.6 is 0 Å². The summed E-state index contributed by atoms with van der Waals surface area (Å²) in [6, 6.07) is 6.75. The van der Waals surface area contributed by atoms with Crippen LogP contribution in [-0.2, 0) is 27.4 Å². The van der Waals surface area contributed by atoms with Crippen LogP contribution < -0.4 is 5.73 Å². The zero-order chi connectivity index (χ0) is 13.2. The van der Waals surface area contributed by atoms with Gasteiger partial charge in [0.1, 0.15) is 0 Å². The summed E-state index contributed by atoms with van der Waals surface area (Å²) < 4.78 is 37.5. The van der Waals surface area contributed by atoms with Crippen LogP contribution in [0.1, 0.15) is 5.56 Å². The van der Waals surface area contributed by atoms with Gasteiger partial charge in [-0.2, -0.15) is 4.31 Å². The van der Waals surface area contributed by atoms with Gasteiger partial charge < -0.3 is 5.73 Å². The van der Waals surface area contributed by atoms with Gasteiger partial charge in [0.15, 0.2) is 0 Å². The molecule has 1 aliphatic rings. The van der Waals surface area contributed by atoms with E-state index in [1.807, 2.05) is 0 Å². The fourth-order valence-corrected chi connectivity index (χ4v) is 4.88. The zero-order valence-corrected chi connectivity index (χ0v) is 11.5. The van der Waals surface area contributed by atoms with E-state index >= 15 is 0 Å². The van der Waals surface area contributed by atoms with Crippen LogP contribution in [0.15, 0.2) is 29.2 Å².